The molecule has 0 saturated heterocycles. The predicted molar refractivity (Wildman–Crippen MR) is 80.8 cm³/mol. The second kappa shape index (κ2) is 6.74. The summed E-state index contributed by atoms with van der Waals surface area (Å²) in [4.78, 5) is 23.6. The highest BCUT2D eigenvalue weighted by Gasteiger charge is 2.31. The molecule has 2 N–H and O–H groups in total. The average molecular weight is 289 g/mol. The van der Waals surface area contributed by atoms with Crippen LogP contribution in [0.2, 0.25) is 0 Å². The molecule has 0 radical (unpaired) electrons. The molecule has 4 heteroatoms. The van der Waals surface area contributed by atoms with E-state index in [1.807, 2.05) is 6.07 Å². The molecule has 1 saturated carbocycles. The first kappa shape index (κ1) is 15.5. The summed E-state index contributed by atoms with van der Waals surface area (Å²) in [5.41, 5.74) is 0.620. The molecule has 4 nitrogen and oxygen atoms in total. The zero-order valence-electron chi connectivity index (χ0n) is 12.5. The van der Waals surface area contributed by atoms with Crippen LogP contribution in [0.4, 0.5) is 0 Å². The first-order valence-electron chi connectivity index (χ1n) is 7.57. The maximum Gasteiger partial charge on any atom is 0.330 e. The lowest BCUT2D eigenvalue weighted by Gasteiger charge is -2.33. The van der Waals surface area contributed by atoms with Crippen LogP contribution < -0.4 is 5.32 Å². The van der Waals surface area contributed by atoms with Crippen molar-refractivity contribution in [1.29, 1.82) is 0 Å². The number of nitrogens with one attached hydrogen (secondary N) is 1. The summed E-state index contributed by atoms with van der Waals surface area (Å²) in [7, 11) is 0. The van der Waals surface area contributed by atoms with E-state index in [1.165, 1.54) is 6.42 Å². The average Bonchev–Trinajstić information content (AvgIpc) is 2.45. The van der Waals surface area contributed by atoms with E-state index in [4.69, 9.17) is 0 Å². The summed E-state index contributed by atoms with van der Waals surface area (Å²) in [5, 5.41) is 12.0. The van der Waals surface area contributed by atoms with Crippen LogP contribution in [0.1, 0.15) is 57.1 Å². The Bertz CT molecular complexity index is 492. The second-order valence-electron chi connectivity index (χ2n) is 6.30. The monoisotopic (exact) mass is 289 g/mol. The van der Waals surface area contributed by atoms with Crippen molar-refractivity contribution in [3.63, 3.8) is 0 Å². The molecule has 0 unspecified atom stereocenters. The van der Waals surface area contributed by atoms with Gasteiger partial charge in [0.15, 0.2) is 6.04 Å². The van der Waals surface area contributed by atoms with E-state index in [0.29, 0.717) is 12.0 Å². The smallest absolute Gasteiger partial charge is 0.330 e. The van der Waals surface area contributed by atoms with Gasteiger partial charge in [-0.05, 0) is 23.8 Å². The van der Waals surface area contributed by atoms with Gasteiger partial charge in [0.25, 0.3) is 0 Å². The molecule has 1 aliphatic rings. The van der Waals surface area contributed by atoms with Crippen molar-refractivity contribution in [2.45, 2.75) is 51.5 Å². The van der Waals surface area contributed by atoms with E-state index in [1.54, 1.807) is 24.3 Å². The third-order valence-corrected chi connectivity index (χ3v) is 4.33. The fourth-order valence-corrected chi connectivity index (χ4v) is 3.11. The fraction of sp³-hybridized carbons (Fsp3) is 0.529. The largest absolute Gasteiger partial charge is 0.479 e. The van der Waals surface area contributed by atoms with Crippen LogP contribution in [0.25, 0.3) is 0 Å². The van der Waals surface area contributed by atoms with Crippen molar-refractivity contribution >= 4 is 11.9 Å². The van der Waals surface area contributed by atoms with Gasteiger partial charge in [0, 0.05) is 6.42 Å². The van der Waals surface area contributed by atoms with E-state index < -0.39 is 12.0 Å². The Morgan fingerprint density at radius 1 is 1.19 bits per heavy atom. The minimum Gasteiger partial charge on any atom is -0.479 e. The Labute approximate surface area is 125 Å². The highest BCUT2D eigenvalue weighted by molar-refractivity contribution is 5.84. The highest BCUT2D eigenvalue weighted by atomic mass is 16.4. The van der Waals surface area contributed by atoms with Crippen LogP contribution in [-0.4, -0.2) is 17.0 Å². The zero-order chi connectivity index (χ0) is 15.3. The summed E-state index contributed by atoms with van der Waals surface area (Å²) >= 11 is 0. The first-order valence-corrected chi connectivity index (χ1v) is 7.57. The minimum absolute atomic E-state index is 0.0159. The SMILES string of the molecule is CC1(CC(=O)N[C@@H](C(=O)O)c2ccccc2)CCCCC1. The standard InChI is InChI=1S/C17H23NO3/c1-17(10-6-3-7-11-17)12-14(19)18-15(16(20)21)13-8-4-2-5-9-13/h2,4-5,8-9,15H,3,6-7,10-12H2,1H3,(H,18,19)(H,20,21)/t15-/m1/s1. The van der Waals surface area contributed by atoms with Crippen LogP contribution in [0.3, 0.4) is 0 Å². The van der Waals surface area contributed by atoms with Crippen molar-refractivity contribution in [3.05, 3.63) is 35.9 Å². The van der Waals surface area contributed by atoms with Crippen molar-refractivity contribution in [3.8, 4) is 0 Å². The molecular weight excluding hydrogens is 266 g/mol. The summed E-state index contributed by atoms with van der Waals surface area (Å²) < 4.78 is 0. The zero-order valence-corrected chi connectivity index (χ0v) is 12.5. The van der Waals surface area contributed by atoms with Gasteiger partial charge in [-0.2, -0.15) is 0 Å². The van der Waals surface area contributed by atoms with Crippen LogP contribution >= 0.6 is 0 Å². The molecule has 0 heterocycles. The lowest BCUT2D eigenvalue weighted by atomic mass is 9.73. The molecule has 21 heavy (non-hydrogen) atoms. The van der Waals surface area contributed by atoms with Gasteiger partial charge in [0.1, 0.15) is 0 Å². The molecule has 1 aliphatic carbocycles. The lowest BCUT2D eigenvalue weighted by molar-refractivity contribution is -0.142. The van der Waals surface area contributed by atoms with Gasteiger partial charge in [-0.15, -0.1) is 0 Å². The number of amides is 1. The van der Waals surface area contributed by atoms with E-state index in [-0.39, 0.29) is 11.3 Å². The highest BCUT2D eigenvalue weighted by Crippen LogP contribution is 2.38. The van der Waals surface area contributed by atoms with Gasteiger partial charge in [-0.25, -0.2) is 4.79 Å². The van der Waals surface area contributed by atoms with Crippen LogP contribution in [0.5, 0.6) is 0 Å². The maximum absolute atomic E-state index is 12.2. The number of rotatable bonds is 5. The van der Waals surface area contributed by atoms with Gasteiger partial charge in [-0.3, -0.25) is 4.79 Å². The van der Waals surface area contributed by atoms with Crippen molar-refractivity contribution in [2.24, 2.45) is 5.41 Å². The van der Waals surface area contributed by atoms with E-state index in [0.717, 1.165) is 25.7 Å². The van der Waals surface area contributed by atoms with Gasteiger partial charge < -0.3 is 10.4 Å². The third kappa shape index (κ3) is 4.31. The van der Waals surface area contributed by atoms with Crippen molar-refractivity contribution in [2.75, 3.05) is 0 Å². The minimum atomic E-state index is -1.02. The number of carboxylic acid groups (broad SMARTS) is 1. The number of aliphatic carboxylic acids is 1. The summed E-state index contributed by atoms with van der Waals surface area (Å²) in [6.07, 6.45) is 6.05. The molecular formula is C17H23NO3. The molecule has 1 fully saturated rings. The predicted octanol–water partition coefficient (Wildman–Crippen LogP) is 3.29. The van der Waals surface area contributed by atoms with Crippen LogP contribution in [0.15, 0.2) is 30.3 Å². The number of carbonyl (C=O) groups excluding carboxylic acids is 1. The van der Waals surface area contributed by atoms with E-state index in [9.17, 15) is 14.7 Å². The molecule has 0 aliphatic heterocycles. The number of carbonyl (C=O) groups is 2. The Balaban J connectivity index is 2.00. The molecule has 0 spiro atoms. The number of hydrogen-bond donors (Lipinski definition) is 2. The Morgan fingerprint density at radius 3 is 2.38 bits per heavy atom. The normalized spacial score (nSPS) is 18.7. The second-order valence-corrected chi connectivity index (χ2v) is 6.30. The number of benzene rings is 1. The van der Waals surface area contributed by atoms with Crippen LogP contribution in [0, 0.1) is 5.41 Å². The van der Waals surface area contributed by atoms with E-state index in [2.05, 4.69) is 12.2 Å². The molecule has 0 aromatic heterocycles. The van der Waals surface area contributed by atoms with E-state index >= 15 is 0 Å². The molecule has 1 aromatic rings. The fourth-order valence-electron chi connectivity index (χ4n) is 3.11. The Kier molecular flexibility index (Phi) is 4.99. The summed E-state index contributed by atoms with van der Waals surface area (Å²) in [6, 6.07) is 7.86. The number of carboxylic acids is 1. The summed E-state index contributed by atoms with van der Waals surface area (Å²) in [5.74, 6) is -1.20. The Hall–Kier alpha value is -1.84. The quantitative estimate of drug-likeness (QED) is 0.874. The van der Waals surface area contributed by atoms with Crippen molar-refractivity contribution in [1.82, 2.24) is 5.32 Å². The van der Waals surface area contributed by atoms with Crippen LogP contribution in [-0.2, 0) is 9.59 Å². The molecule has 2 rings (SSSR count). The molecule has 114 valence electrons. The molecule has 1 aromatic carbocycles. The van der Waals surface area contributed by atoms with Gasteiger partial charge in [0.2, 0.25) is 5.91 Å². The molecule has 1 atom stereocenters. The topological polar surface area (TPSA) is 66.4 Å². The van der Waals surface area contributed by atoms with Gasteiger partial charge >= 0.3 is 5.97 Å². The van der Waals surface area contributed by atoms with Crippen molar-refractivity contribution < 1.29 is 14.7 Å². The maximum atomic E-state index is 12.2. The molecule has 1 amide bonds. The van der Waals surface area contributed by atoms with Gasteiger partial charge in [-0.1, -0.05) is 56.5 Å². The summed E-state index contributed by atoms with van der Waals surface area (Å²) in [6.45, 7) is 2.13. The molecule has 0 bridgehead atoms. The lowest BCUT2D eigenvalue weighted by Crippen LogP contribution is -2.37. The third-order valence-electron chi connectivity index (χ3n) is 4.33. The number of hydrogen-bond acceptors (Lipinski definition) is 2. The van der Waals surface area contributed by atoms with Gasteiger partial charge in [0.05, 0.1) is 0 Å². The Morgan fingerprint density at radius 2 is 1.81 bits per heavy atom. The first-order chi connectivity index (χ1) is 10.0.